The molecule has 0 amide bonds. The normalized spacial score (nSPS) is 23.3. The molecule has 4 heteroatoms. The molecule has 0 N–H and O–H groups in total. The van der Waals surface area contributed by atoms with Crippen molar-refractivity contribution in [2.75, 3.05) is 52.9 Å². The van der Waals surface area contributed by atoms with Crippen LogP contribution in [0.2, 0.25) is 0 Å². The Morgan fingerprint density at radius 3 is 1.67 bits per heavy atom. The van der Waals surface area contributed by atoms with E-state index in [2.05, 4.69) is 6.58 Å². The Morgan fingerprint density at radius 1 is 0.667 bits per heavy atom. The van der Waals surface area contributed by atoms with E-state index < -0.39 is 0 Å². The van der Waals surface area contributed by atoms with Crippen LogP contribution in [0.4, 0.5) is 0 Å². The van der Waals surface area contributed by atoms with Crippen LogP contribution in [0.3, 0.4) is 0 Å². The average molecular weight is 216 g/mol. The summed E-state index contributed by atoms with van der Waals surface area (Å²) >= 11 is 0. The highest BCUT2D eigenvalue weighted by Crippen LogP contribution is 1.95. The average Bonchev–Trinajstić information content (AvgIpc) is 2.24. The van der Waals surface area contributed by atoms with E-state index in [9.17, 15) is 0 Å². The van der Waals surface area contributed by atoms with Crippen LogP contribution in [-0.2, 0) is 18.9 Å². The van der Waals surface area contributed by atoms with Crippen molar-refractivity contribution in [1.82, 2.24) is 0 Å². The van der Waals surface area contributed by atoms with E-state index in [0.717, 1.165) is 25.2 Å². The standard InChI is InChI=1S/C11H20O4/c1-11-9-14-7-5-12-3-2-4-13-6-8-15-10-11/h1-10H2. The van der Waals surface area contributed by atoms with Gasteiger partial charge in [-0.3, -0.25) is 0 Å². The number of ether oxygens (including phenoxy) is 4. The molecule has 4 nitrogen and oxygen atoms in total. The van der Waals surface area contributed by atoms with Crippen molar-refractivity contribution < 1.29 is 18.9 Å². The minimum absolute atomic E-state index is 0.546. The molecule has 1 heterocycles. The topological polar surface area (TPSA) is 36.9 Å². The summed E-state index contributed by atoms with van der Waals surface area (Å²) in [5, 5.41) is 0. The Hall–Kier alpha value is -0.420. The van der Waals surface area contributed by atoms with Crippen LogP contribution < -0.4 is 0 Å². The smallest absolute Gasteiger partial charge is 0.0704 e. The second-order valence-corrected chi connectivity index (χ2v) is 3.43. The molecule has 1 aliphatic rings. The first-order valence-electron chi connectivity index (χ1n) is 5.37. The van der Waals surface area contributed by atoms with E-state index in [1.54, 1.807) is 0 Å². The SMILES string of the molecule is C=C1COCCOCCCOCCOC1. The summed E-state index contributed by atoms with van der Waals surface area (Å²) in [6, 6.07) is 0. The highest BCUT2D eigenvalue weighted by atomic mass is 16.5. The van der Waals surface area contributed by atoms with Crippen molar-refractivity contribution in [2.24, 2.45) is 0 Å². The van der Waals surface area contributed by atoms with Gasteiger partial charge in [-0.1, -0.05) is 6.58 Å². The first kappa shape index (κ1) is 12.6. The lowest BCUT2D eigenvalue weighted by atomic mass is 10.3. The third-order valence-corrected chi connectivity index (χ3v) is 1.93. The fourth-order valence-electron chi connectivity index (χ4n) is 1.18. The third kappa shape index (κ3) is 7.50. The predicted molar refractivity (Wildman–Crippen MR) is 57.0 cm³/mol. The Balaban J connectivity index is 2.13. The minimum Gasteiger partial charge on any atom is -0.379 e. The highest BCUT2D eigenvalue weighted by molar-refractivity contribution is 4.94. The monoisotopic (exact) mass is 216 g/mol. The van der Waals surface area contributed by atoms with E-state index in [4.69, 9.17) is 18.9 Å². The molecular weight excluding hydrogens is 196 g/mol. The van der Waals surface area contributed by atoms with Gasteiger partial charge in [0, 0.05) is 13.2 Å². The molecule has 0 atom stereocenters. The van der Waals surface area contributed by atoms with Crippen LogP contribution in [0, 0.1) is 0 Å². The van der Waals surface area contributed by atoms with E-state index in [1.807, 2.05) is 0 Å². The fourth-order valence-corrected chi connectivity index (χ4v) is 1.18. The van der Waals surface area contributed by atoms with Gasteiger partial charge in [0.05, 0.1) is 39.6 Å². The molecule has 1 saturated heterocycles. The lowest BCUT2D eigenvalue weighted by molar-refractivity contribution is 0.0161. The third-order valence-electron chi connectivity index (χ3n) is 1.93. The molecule has 0 aliphatic carbocycles. The van der Waals surface area contributed by atoms with Crippen LogP contribution in [0.5, 0.6) is 0 Å². The van der Waals surface area contributed by atoms with E-state index in [1.165, 1.54) is 0 Å². The summed E-state index contributed by atoms with van der Waals surface area (Å²) in [7, 11) is 0. The van der Waals surface area contributed by atoms with Gasteiger partial charge in [-0.2, -0.15) is 0 Å². The summed E-state index contributed by atoms with van der Waals surface area (Å²) < 4.78 is 21.4. The quantitative estimate of drug-likeness (QED) is 0.566. The maximum absolute atomic E-state index is 5.35. The van der Waals surface area contributed by atoms with Crippen LogP contribution in [-0.4, -0.2) is 52.9 Å². The largest absolute Gasteiger partial charge is 0.379 e. The lowest BCUT2D eigenvalue weighted by Gasteiger charge is -2.11. The molecule has 0 radical (unpaired) electrons. The van der Waals surface area contributed by atoms with Crippen molar-refractivity contribution in [3.8, 4) is 0 Å². The molecule has 0 aromatic carbocycles. The Kier molecular flexibility index (Phi) is 7.47. The molecular formula is C11H20O4. The van der Waals surface area contributed by atoms with Gasteiger partial charge in [0.25, 0.3) is 0 Å². The van der Waals surface area contributed by atoms with Crippen LogP contribution in [0.1, 0.15) is 6.42 Å². The summed E-state index contributed by atoms with van der Waals surface area (Å²) in [5.41, 5.74) is 0.951. The summed E-state index contributed by atoms with van der Waals surface area (Å²) in [5.74, 6) is 0. The molecule has 88 valence electrons. The number of rotatable bonds is 0. The predicted octanol–water partition coefficient (Wildman–Crippen LogP) is 1.01. The van der Waals surface area contributed by atoms with E-state index in [0.29, 0.717) is 39.6 Å². The maximum atomic E-state index is 5.35. The summed E-state index contributed by atoms with van der Waals surface area (Å²) in [4.78, 5) is 0. The minimum atomic E-state index is 0.546. The van der Waals surface area contributed by atoms with E-state index in [-0.39, 0.29) is 0 Å². The Labute approximate surface area is 91.1 Å². The molecule has 0 saturated carbocycles. The fraction of sp³-hybridized carbons (Fsp3) is 0.818. The molecule has 0 aromatic heterocycles. The van der Waals surface area contributed by atoms with Crippen molar-refractivity contribution >= 4 is 0 Å². The zero-order valence-corrected chi connectivity index (χ0v) is 9.20. The van der Waals surface area contributed by atoms with Crippen molar-refractivity contribution in [1.29, 1.82) is 0 Å². The first-order valence-corrected chi connectivity index (χ1v) is 5.37. The van der Waals surface area contributed by atoms with Gasteiger partial charge in [-0.05, 0) is 12.0 Å². The maximum Gasteiger partial charge on any atom is 0.0704 e. The van der Waals surface area contributed by atoms with Gasteiger partial charge < -0.3 is 18.9 Å². The van der Waals surface area contributed by atoms with Gasteiger partial charge in [0.15, 0.2) is 0 Å². The lowest BCUT2D eigenvalue weighted by Crippen LogP contribution is -2.13. The molecule has 1 rings (SSSR count). The van der Waals surface area contributed by atoms with Crippen molar-refractivity contribution in [3.05, 3.63) is 12.2 Å². The van der Waals surface area contributed by atoms with Gasteiger partial charge in [-0.15, -0.1) is 0 Å². The highest BCUT2D eigenvalue weighted by Gasteiger charge is 1.98. The molecule has 1 fully saturated rings. The second-order valence-electron chi connectivity index (χ2n) is 3.43. The Morgan fingerprint density at radius 2 is 1.13 bits per heavy atom. The number of hydrogen-bond donors (Lipinski definition) is 0. The molecule has 0 unspecified atom stereocenters. The van der Waals surface area contributed by atoms with Crippen LogP contribution in [0.25, 0.3) is 0 Å². The molecule has 15 heavy (non-hydrogen) atoms. The molecule has 0 spiro atoms. The zero-order chi connectivity index (χ0) is 10.8. The molecule has 1 aliphatic heterocycles. The van der Waals surface area contributed by atoms with Crippen molar-refractivity contribution in [2.45, 2.75) is 6.42 Å². The molecule has 0 aromatic rings. The van der Waals surface area contributed by atoms with Crippen molar-refractivity contribution in [3.63, 3.8) is 0 Å². The van der Waals surface area contributed by atoms with E-state index >= 15 is 0 Å². The van der Waals surface area contributed by atoms with Gasteiger partial charge in [0.1, 0.15) is 0 Å². The summed E-state index contributed by atoms with van der Waals surface area (Å²) in [6.07, 6.45) is 0.923. The summed E-state index contributed by atoms with van der Waals surface area (Å²) in [6.45, 7) is 8.89. The first-order chi connectivity index (χ1) is 7.39. The van der Waals surface area contributed by atoms with Gasteiger partial charge in [0.2, 0.25) is 0 Å². The van der Waals surface area contributed by atoms with Gasteiger partial charge >= 0.3 is 0 Å². The van der Waals surface area contributed by atoms with Crippen LogP contribution in [0.15, 0.2) is 12.2 Å². The van der Waals surface area contributed by atoms with Crippen LogP contribution >= 0.6 is 0 Å². The molecule has 0 bridgehead atoms. The number of hydrogen-bond acceptors (Lipinski definition) is 4. The zero-order valence-electron chi connectivity index (χ0n) is 9.20. The Bertz CT molecular complexity index is 154. The van der Waals surface area contributed by atoms with Gasteiger partial charge in [-0.25, -0.2) is 0 Å². The second kappa shape index (κ2) is 8.85.